The third kappa shape index (κ3) is 3.09. The van der Waals surface area contributed by atoms with Crippen molar-refractivity contribution >= 4 is 17.2 Å². The molecule has 5 heteroatoms. The molecule has 2 N–H and O–H groups in total. The molecule has 0 aliphatic heterocycles. The first-order valence-electron chi connectivity index (χ1n) is 7.22. The van der Waals surface area contributed by atoms with Crippen LogP contribution in [-0.2, 0) is 0 Å². The van der Waals surface area contributed by atoms with Gasteiger partial charge in [-0.2, -0.15) is 5.10 Å². The molecule has 1 amide bonds. The summed E-state index contributed by atoms with van der Waals surface area (Å²) in [4.78, 5) is 13.6. The van der Waals surface area contributed by atoms with Crippen molar-refractivity contribution in [3.63, 3.8) is 0 Å². The van der Waals surface area contributed by atoms with Crippen LogP contribution in [0.2, 0.25) is 0 Å². The molecule has 0 unspecified atom stereocenters. The highest BCUT2D eigenvalue weighted by atomic mass is 32.1. The van der Waals surface area contributed by atoms with Crippen LogP contribution < -0.4 is 5.32 Å². The second kappa shape index (κ2) is 6.58. The predicted molar refractivity (Wildman–Crippen MR) is 88.8 cm³/mol. The van der Waals surface area contributed by atoms with Gasteiger partial charge in [0.1, 0.15) is 0 Å². The maximum Gasteiger partial charge on any atom is 0.251 e. The van der Waals surface area contributed by atoms with E-state index in [0.717, 1.165) is 17.7 Å². The minimum Gasteiger partial charge on any atom is -0.344 e. The Morgan fingerprint density at radius 1 is 1.27 bits per heavy atom. The monoisotopic (exact) mass is 311 g/mol. The lowest BCUT2D eigenvalue weighted by Crippen LogP contribution is -2.27. The minimum absolute atomic E-state index is 0.0450. The summed E-state index contributed by atoms with van der Waals surface area (Å²) in [5.74, 6) is -0.0450. The molecule has 2 aromatic heterocycles. The first-order valence-corrected chi connectivity index (χ1v) is 8.10. The zero-order valence-electron chi connectivity index (χ0n) is 12.2. The quantitative estimate of drug-likeness (QED) is 0.747. The number of aromatic amines is 1. The first-order chi connectivity index (χ1) is 10.8. The maximum absolute atomic E-state index is 12.4. The number of hydrogen-bond donors (Lipinski definition) is 2. The SMILES string of the molecule is CC[C@@H](NC(=O)c1ccc(-c2ccn[nH]2)cc1)c1cccs1. The summed E-state index contributed by atoms with van der Waals surface area (Å²) in [6, 6.07) is 13.6. The van der Waals surface area contributed by atoms with Crippen LogP contribution in [0.1, 0.15) is 34.6 Å². The van der Waals surface area contributed by atoms with E-state index in [9.17, 15) is 4.79 Å². The molecule has 4 nitrogen and oxygen atoms in total. The molecule has 0 aliphatic carbocycles. The van der Waals surface area contributed by atoms with Crippen molar-refractivity contribution in [2.45, 2.75) is 19.4 Å². The Morgan fingerprint density at radius 3 is 2.68 bits per heavy atom. The van der Waals surface area contributed by atoms with Gasteiger partial charge in [-0.1, -0.05) is 25.1 Å². The summed E-state index contributed by atoms with van der Waals surface area (Å²) >= 11 is 1.67. The second-order valence-corrected chi connectivity index (χ2v) is 5.98. The maximum atomic E-state index is 12.4. The number of benzene rings is 1. The van der Waals surface area contributed by atoms with Crippen LogP contribution in [0.4, 0.5) is 0 Å². The van der Waals surface area contributed by atoms with Gasteiger partial charge < -0.3 is 5.32 Å². The summed E-state index contributed by atoms with van der Waals surface area (Å²) in [6.07, 6.45) is 2.58. The van der Waals surface area contributed by atoms with Crippen LogP contribution in [0.25, 0.3) is 11.3 Å². The highest BCUT2D eigenvalue weighted by Crippen LogP contribution is 2.22. The Kier molecular flexibility index (Phi) is 4.34. The van der Waals surface area contributed by atoms with E-state index in [1.54, 1.807) is 17.5 Å². The summed E-state index contributed by atoms with van der Waals surface area (Å²) in [6.45, 7) is 2.08. The highest BCUT2D eigenvalue weighted by molar-refractivity contribution is 7.10. The lowest BCUT2D eigenvalue weighted by Gasteiger charge is -2.15. The van der Waals surface area contributed by atoms with E-state index in [0.29, 0.717) is 5.56 Å². The number of H-pyrrole nitrogens is 1. The zero-order valence-corrected chi connectivity index (χ0v) is 13.1. The summed E-state index contributed by atoms with van der Waals surface area (Å²) < 4.78 is 0. The third-order valence-corrected chi connectivity index (χ3v) is 4.55. The zero-order chi connectivity index (χ0) is 15.4. The number of carbonyl (C=O) groups excluding carboxylic acids is 1. The first kappa shape index (κ1) is 14.5. The molecule has 0 saturated heterocycles. The normalized spacial score (nSPS) is 12.0. The average molecular weight is 311 g/mol. The van der Waals surface area contributed by atoms with Crippen molar-refractivity contribution < 1.29 is 4.79 Å². The topological polar surface area (TPSA) is 57.8 Å². The van der Waals surface area contributed by atoms with E-state index in [4.69, 9.17) is 0 Å². The largest absolute Gasteiger partial charge is 0.344 e. The average Bonchev–Trinajstić information content (AvgIpc) is 3.25. The summed E-state index contributed by atoms with van der Waals surface area (Å²) in [7, 11) is 0. The third-order valence-electron chi connectivity index (χ3n) is 3.56. The van der Waals surface area contributed by atoms with Crippen molar-refractivity contribution in [2.75, 3.05) is 0 Å². The van der Waals surface area contributed by atoms with Crippen LogP contribution in [-0.4, -0.2) is 16.1 Å². The van der Waals surface area contributed by atoms with Crippen LogP contribution in [0, 0.1) is 0 Å². The second-order valence-electron chi connectivity index (χ2n) is 5.00. The number of rotatable bonds is 5. The number of aromatic nitrogens is 2. The Labute approximate surface area is 133 Å². The number of hydrogen-bond acceptors (Lipinski definition) is 3. The Bertz CT molecular complexity index is 718. The van der Waals surface area contributed by atoms with Gasteiger partial charge in [-0.05, 0) is 41.6 Å². The van der Waals surface area contributed by atoms with Gasteiger partial charge in [-0.3, -0.25) is 9.89 Å². The highest BCUT2D eigenvalue weighted by Gasteiger charge is 2.14. The molecule has 112 valence electrons. The molecule has 0 bridgehead atoms. The van der Waals surface area contributed by atoms with Gasteiger partial charge >= 0.3 is 0 Å². The number of carbonyl (C=O) groups is 1. The molecular weight excluding hydrogens is 294 g/mol. The number of thiophene rings is 1. The van der Waals surface area contributed by atoms with Gasteiger partial charge in [-0.15, -0.1) is 11.3 Å². The van der Waals surface area contributed by atoms with Crippen molar-refractivity contribution in [3.05, 3.63) is 64.5 Å². The molecule has 3 aromatic rings. The van der Waals surface area contributed by atoms with E-state index >= 15 is 0 Å². The number of nitrogens with one attached hydrogen (secondary N) is 2. The fourth-order valence-electron chi connectivity index (χ4n) is 2.32. The van der Waals surface area contributed by atoms with Crippen molar-refractivity contribution in [2.24, 2.45) is 0 Å². The van der Waals surface area contributed by atoms with Gasteiger partial charge in [0.2, 0.25) is 0 Å². The van der Waals surface area contributed by atoms with Gasteiger partial charge in [0, 0.05) is 16.6 Å². The van der Waals surface area contributed by atoms with Gasteiger partial charge in [0.25, 0.3) is 5.91 Å². The van der Waals surface area contributed by atoms with Crippen molar-refractivity contribution in [1.82, 2.24) is 15.5 Å². The Morgan fingerprint density at radius 2 is 2.09 bits per heavy atom. The van der Waals surface area contributed by atoms with Crippen LogP contribution >= 0.6 is 11.3 Å². The van der Waals surface area contributed by atoms with Gasteiger partial charge in [0.15, 0.2) is 0 Å². The van der Waals surface area contributed by atoms with Crippen LogP contribution in [0.5, 0.6) is 0 Å². The molecular formula is C17H17N3OS. The van der Waals surface area contributed by atoms with Crippen LogP contribution in [0.15, 0.2) is 54.0 Å². The van der Waals surface area contributed by atoms with E-state index in [1.165, 1.54) is 4.88 Å². The predicted octanol–water partition coefficient (Wildman–Crippen LogP) is 4.02. The molecule has 0 saturated carbocycles. The van der Waals surface area contributed by atoms with E-state index in [2.05, 4.69) is 28.5 Å². The van der Waals surface area contributed by atoms with E-state index in [-0.39, 0.29) is 11.9 Å². The molecule has 0 aliphatic rings. The minimum atomic E-state index is -0.0450. The number of amides is 1. The fourth-order valence-corrected chi connectivity index (χ4v) is 3.18. The molecule has 0 radical (unpaired) electrons. The lowest BCUT2D eigenvalue weighted by atomic mass is 10.1. The lowest BCUT2D eigenvalue weighted by molar-refractivity contribution is 0.0936. The molecule has 1 aromatic carbocycles. The van der Waals surface area contributed by atoms with E-state index in [1.807, 2.05) is 41.8 Å². The molecule has 3 rings (SSSR count). The molecule has 0 fully saturated rings. The smallest absolute Gasteiger partial charge is 0.251 e. The number of nitrogens with zero attached hydrogens (tertiary/aromatic N) is 1. The summed E-state index contributed by atoms with van der Waals surface area (Å²) in [5, 5.41) is 12.0. The molecule has 22 heavy (non-hydrogen) atoms. The Balaban J connectivity index is 1.72. The Hall–Kier alpha value is -2.40. The van der Waals surface area contributed by atoms with Crippen molar-refractivity contribution in [3.8, 4) is 11.3 Å². The molecule has 0 spiro atoms. The van der Waals surface area contributed by atoms with Gasteiger partial charge in [-0.25, -0.2) is 0 Å². The van der Waals surface area contributed by atoms with Crippen LogP contribution in [0.3, 0.4) is 0 Å². The molecule has 1 atom stereocenters. The fraction of sp³-hybridized carbons (Fsp3) is 0.176. The van der Waals surface area contributed by atoms with E-state index < -0.39 is 0 Å². The standard InChI is InChI=1S/C17H17N3OS/c1-2-14(16-4-3-11-22-16)19-17(21)13-7-5-12(6-8-13)15-9-10-18-20-15/h3-11,14H,2H2,1H3,(H,18,20)(H,19,21)/t14-/m1/s1. The van der Waals surface area contributed by atoms with Gasteiger partial charge in [0.05, 0.1) is 11.7 Å². The van der Waals surface area contributed by atoms with Crippen molar-refractivity contribution in [1.29, 1.82) is 0 Å². The molecule has 2 heterocycles. The summed E-state index contributed by atoms with van der Waals surface area (Å²) in [5.41, 5.74) is 2.62.